The Labute approximate surface area is 150 Å². The van der Waals surface area contributed by atoms with Crippen LogP contribution in [0.3, 0.4) is 0 Å². The predicted octanol–water partition coefficient (Wildman–Crippen LogP) is 5.87. The van der Waals surface area contributed by atoms with Crippen LogP contribution in [-0.4, -0.2) is 17.9 Å². The van der Waals surface area contributed by atoms with Crippen molar-refractivity contribution in [2.75, 3.05) is 11.9 Å². The van der Waals surface area contributed by atoms with Crippen molar-refractivity contribution in [3.63, 3.8) is 0 Å². The first-order valence-electron chi connectivity index (χ1n) is 9.95. The molecule has 2 nitrogen and oxygen atoms in total. The fourth-order valence-electron chi connectivity index (χ4n) is 5.76. The Balaban J connectivity index is 1.30. The summed E-state index contributed by atoms with van der Waals surface area (Å²) < 4.78 is 5.73. The molecule has 4 rings (SSSR count). The largest absolute Gasteiger partial charge is 0.465 e. The summed E-state index contributed by atoms with van der Waals surface area (Å²) in [6.07, 6.45) is 16.4. The Bertz CT molecular complexity index is 358. The van der Waals surface area contributed by atoms with Crippen molar-refractivity contribution < 1.29 is 9.53 Å². The zero-order valence-electron chi connectivity index (χ0n) is 14.5. The van der Waals surface area contributed by atoms with Gasteiger partial charge in [-0.05, 0) is 69.1 Å². The van der Waals surface area contributed by atoms with Gasteiger partial charge in [0.1, 0.15) is 0 Å². The number of ether oxygens (including phenoxy) is 1. The molecule has 0 aromatic rings. The third-order valence-corrected chi connectivity index (χ3v) is 7.04. The van der Waals surface area contributed by atoms with E-state index in [1.165, 1.54) is 57.8 Å². The van der Waals surface area contributed by atoms with Gasteiger partial charge in [0.2, 0.25) is 0 Å². The van der Waals surface area contributed by atoms with Crippen molar-refractivity contribution in [3.05, 3.63) is 0 Å². The highest BCUT2D eigenvalue weighted by molar-refractivity contribution is 9.09. The number of carbonyl (C=O) groups is 1. The Morgan fingerprint density at radius 1 is 0.826 bits per heavy atom. The van der Waals surface area contributed by atoms with Crippen molar-refractivity contribution in [1.82, 2.24) is 0 Å². The van der Waals surface area contributed by atoms with Gasteiger partial charge >= 0.3 is 5.97 Å². The number of hydrogen-bond donors (Lipinski definition) is 0. The predicted molar refractivity (Wildman–Crippen MR) is 97.7 cm³/mol. The van der Waals surface area contributed by atoms with Crippen LogP contribution in [0, 0.1) is 23.2 Å². The van der Waals surface area contributed by atoms with Gasteiger partial charge in [-0.15, -0.1) is 0 Å². The highest BCUT2D eigenvalue weighted by atomic mass is 79.9. The second-order valence-electron chi connectivity index (χ2n) is 8.50. The molecule has 3 heteroatoms. The fraction of sp³-hybridized carbons (Fsp3) is 0.950. The monoisotopic (exact) mass is 384 g/mol. The lowest BCUT2D eigenvalue weighted by Gasteiger charge is -2.55. The minimum atomic E-state index is -0.0651. The van der Waals surface area contributed by atoms with Crippen LogP contribution < -0.4 is 0 Å². The van der Waals surface area contributed by atoms with E-state index < -0.39 is 0 Å². The molecule has 0 heterocycles. The van der Waals surface area contributed by atoms with Gasteiger partial charge in [0.25, 0.3) is 0 Å². The Morgan fingerprint density at radius 3 is 1.83 bits per heavy atom. The van der Waals surface area contributed by atoms with Crippen LogP contribution in [-0.2, 0) is 9.53 Å². The summed E-state index contributed by atoms with van der Waals surface area (Å²) in [4.78, 5) is 12.7. The summed E-state index contributed by atoms with van der Waals surface area (Å²) in [6, 6.07) is 0. The van der Waals surface area contributed by atoms with E-state index >= 15 is 0 Å². The third-order valence-electron chi connectivity index (χ3n) is 6.48. The van der Waals surface area contributed by atoms with Gasteiger partial charge in [-0.2, -0.15) is 0 Å². The molecule has 0 aromatic heterocycles. The van der Waals surface area contributed by atoms with E-state index in [4.69, 9.17) is 4.74 Å². The summed E-state index contributed by atoms with van der Waals surface area (Å²) >= 11 is 3.47. The maximum absolute atomic E-state index is 12.7. The highest BCUT2D eigenvalue weighted by Gasteiger charge is 2.55. The van der Waals surface area contributed by atoms with Crippen LogP contribution in [0.2, 0.25) is 0 Å². The van der Waals surface area contributed by atoms with Crippen LogP contribution in [0.5, 0.6) is 0 Å². The second-order valence-corrected chi connectivity index (χ2v) is 9.29. The highest BCUT2D eigenvalue weighted by Crippen LogP contribution is 2.60. The van der Waals surface area contributed by atoms with Crippen LogP contribution in [0.4, 0.5) is 0 Å². The smallest absolute Gasteiger partial charge is 0.312 e. The van der Waals surface area contributed by atoms with Gasteiger partial charge in [0.15, 0.2) is 0 Å². The molecule has 4 aliphatic carbocycles. The lowest BCUT2D eigenvalue weighted by atomic mass is 9.49. The van der Waals surface area contributed by atoms with Crippen molar-refractivity contribution in [1.29, 1.82) is 0 Å². The van der Waals surface area contributed by atoms with Crippen LogP contribution >= 0.6 is 15.9 Å². The molecular formula is C20H33BrO2. The van der Waals surface area contributed by atoms with Crippen molar-refractivity contribution in [2.24, 2.45) is 23.2 Å². The Hall–Kier alpha value is -0.0500. The Morgan fingerprint density at radius 2 is 1.30 bits per heavy atom. The molecule has 0 amide bonds. The number of carbonyl (C=O) groups excluding carboxylic acids is 1. The van der Waals surface area contributed by atoms with Gasteiger partial charge in [0.05, 0.1) is 12.0 Å². The molecule has 0 radical (unpaired) electrons. The number of unbranched alkanes of at least 4 members (excludes halogenated alkanes) is 6. The van der Waals surface area contributed by atoms with Gasteiger partial charge in [-0.1, -0.05) is 48.0 Å². The normalized spacial score (nSPS) is 34.7. The van der Waals surface area contributed by atoms with Crippen LogP contribution in [0.25, 0.3) is 0 Å². The molecule has 0 aromatic carbocycles. The summed E-state index contributed by atoms with van der Waals surface area (Å²) in [5.74, 6) is 2.64. The Kier molecular flexibility index (Phi) is 6.46. The summed E-state index contributed by atoms with van der Waals surface area (Å²) in [5.41, 5.74) is -0.0651. The lowest BCUT2D eigenvalue weighted by Crippen LogP contribution is -2.50. The molecule has 0 aliphatic heterocycles. The number of esters is 1. The zero-order chi connectivity index (χ0) is 16.1. The van der Waals surface area contributed by atoms with E-state index in [2.05, 4.69) is 15.9 Å². The van der Waals surface area contributed by atoms with Gasteiger partial charge in [-0.3, -0.25) is 4.79 Å². The molecule has 23 heavy (non-hydrogen) atoms. The zero-order valence-corrected chi connectivity index (χ0v) is 16.1. The summed E-state index contributed by atoms with van der Waals surface area (Å²) in [7, 11) is 0. The van der Waals surface area contributed by atoms with Crippen molar-refractivity contribution >= 4 is 21.9 Å². The summed E-state index contributed by atoms with van der Waals surface area (Å²) in [6.45, 7) is 0.655. The molecule has 0 saturated heterocycles. The molecule has 4 aliphatic rings. The lowest BCUT2D eigenvalue weighted by molar-refractivity contribution is -0.171. The fourth-order valence-corrected chi connectivity index (χ4v) is 6.16. The molecule has 0 spiro atoms. The molecule has 0 N–H and O–H groups in total. The molecule has 4 fully saturated rings. The topological polar surface area (TPSA) is 26.3 Å². The van der Waals surface area contributed by atoms with Gasteiger partial charge < -0.3 is 4.74 Å². The molecule has 132 valence electrons. The number of hydrogen-bond acceptors (Lipinski definition) is 2. The van der Waals surface area contributed by atoms with E-state index in [1.54, 1.807) is 0 Å². The third kappa shape index (κ3) is 4.52. The quantitative estimate of drug-likeness (QED) is 0.267. The molecule has 0 unspecified atom stereocenters. The first kappa shape index (κ1) is 17.8. The molecule has 4 bridgehead atoms. The average Bonchev–Trinajstić information content (AvgIpc) is 2.52. The number of alkyl halides is 1. The van der Waals surface area contributed by atoms with Crippen LogP contribution in [0.1, 0.15) is 83.5 Å². The molecule has 0 atom stereocenters. The molecule has 4 saturated carbocycles. The standard InChI is InChI=1S/C20H33BrO2/c21-8-6-4-2-1-3-5-7-9-23-19(22)20-13-16-10-17(14-20)12-18(11-16)15-20/h16-18H,1-15H2. The van der Waals surface area contributed by atoms with Gasteiger partial charge in [0, 0.05) is 5.33 Å². The van der Waals surface area contributed by atoms with E-state index in [0.29, 0.717) is 6.61 Å². The van der Waals surface area contributed by atoms with E-state index in [0.717, 1.165) is 48.8 Å². The minimum absolute atomic E-state index is 0.0651. The van der Waals surface area contributed by atoms with Gasteiger partial charge in [-0.25, -0.2) is 0 Å². The minimum Gasteiger partial charge on any atom is -0.465 e. The first-order chi connectivity index (χ1) is 11.2. The van der Waals surface area contributed by atoms with Crippen molar-refractivity contribution in [3.8, 4) is 0 Å². The van der Waals surface area contributed by atoms with Crippen LogP contribution in [0.15, 0.2) is 0 Å². The average molecular weight is 385 g/mol. The molecular weight excluding hydrogens is 352 g/mol. The first-order valence-corrected chi connectivity index (χ1v) is 11.1. The van der Waals surface area contributed by atoms with E-state index in [1.807, 2.05) is 0 Å². The maximum Gasteiger partial charge on any atom is 0.312 e. The van der Waals surface area contributed by atoms with E-state index in [9.17, 15) is 4.79 Å². The van der Waals surface area contributed by atoms with Crippen molar-refractivity contribution in [2.45, 2.75) is 83.5 Å². The number of rotatable bonds is 10. The van der Waals surface area contributed by atoms with E-state index in [-0.39, 0.29) is 11.4 Å². The maximum atomic E-state index is 12.7. The number of halogens is 1. The SMILES string of the molecule is O=C(OCCCCCCCCCBr)C12CC3CC(CC(C3)C1)C2. The second kappa shape index (κ2) is 8.36. The summed E-state index contributed by atoms with van der Waals surface area (Å²) in [5, 5.41) is 1.13.